The highest BCUT2D eigenvalue weighted by Gasteiger charge is 2.12. The zero-order chi connectivity index (χ0) is 11.5. The summed E-state index contributed by atoms with van der Waals surface area (Å²) in [4.78, 5) is 0.716. The SMILES string of the molecule is CC(C#N)S(=O)c1ccc2ccccc2c1. The summed E-state index contributed by atoms with van der Waals surface area (Å²) in [6, 6.07) is 15.6. The van der Waals surface area contributed by atoms with E-state index in [0.29, 0.717) is 4.90 Å². The third kappa shape index (κ3) is 1.98. The maximum atomic E-state index is 11.9. The van der Waals surface area contributed by atoms with E-state index in [4.69, 9.17) is 5.26 Å². The van der Waals surface area contributed by atoms with Crippen LogP contribution in [-0.2, 0) is 10.8 Å². The van der Waals surface area contributed by atoms with Gasteiger partial charge in [0.25, 0.3) is 0 Å². The molecule has 0 radical (unpaired) electrons. The molecule has 2 rings (SSSR count). The standard InChI is InChI=1S/C13H11NOS/c1-10(9-14)16(15)13-7-6-11-4-2-3-5-12(11)8-13/h2-8,10H,1H3. The maximum absolute atomic E-state index is 11.9. The lowest BCUT2D eigenvalue weighted by atomic mass is 10.1. The third-order valence-corrected chi connectivity index (χ3v) is 3.92. The molecule has 0 saturated heterocycles. The molecule has 0 aromatic heterocycles. The van der Waals surface area contributed by atoms with Crippen LogP contribution in [0.3, 0.4) is 0 Å². The van der Waals surface area contributed by atoms with Gasteiger partial charge >= 0.3 is 0 Å². The lowest BCUT2D eigenvalue weighted by Gasteiger charge is -2.05. The predicted molar refractivity (Wildman–Crippen MR) is 65.4 cm³/mol. The van der Waals surface area contributed by atoms with Crippen LogP contribution in [0.1, 0.15) is 6.92 Å². The second-order valence-electron chi connectivity index (χ2n) is 3.58. The Hall–Kier alpha value is -1.66. The van der Waals surface area contributed by atoms with Crippen LogP contribution in [0.4, 0.5) is 0 Å². The van der Waals surface area contributed by atoms with Crippen LogP contribution in [0.15, 0.2) is 47.4 Å². The van der Waals surface area contributed by atoms with Crippen LogP contribution >= 0.6 is 0 Å². The molecule has 0 aliphatic carbocycles. The molecule has 0 aliphatic rings. The van der Waals surface area contributed by atoms with Crippen molar-refractivity contribution in [3.05, 3.63) is 42.5 Å². The number of rotatable bonds is 2. The van der Waals surface area contributed by atoms with Crippen molar-refractivity contribution in [3.8, 4) is 6.07 Å². The van der Waals surface area contributed by atoms with Crippen LogP contribution in [0.2, 0.25) is 0 Å². The van der Waals surface area contributed by atoms with E-state index in [-0.39, 0.29) is 0 Å². The summed E-state index contributed by atoms with van der Waals surface area (Å²) in [5, 5.41) is 10.4. The van der Waals surface area contributed by atoms with E-state index in [1.807, 2.05) is 48.5 Å². The lowest BCUT2D eigenvalue weighted by Crippen LogP contribution is -2.07. The minimum atomic E-state index is -1.25. The summed E-state index contributed by atoms with van der Waals surface area (Å²) in [5.74, 6) is 0. The predicted octanol–water partition coefficient (Wildman–Crippen LogP) is 2.86. The number of benzene rings is 2. The van der Waals surface area contributed by atoms with Crippen molar-refractivity contribution in [2.75, 3.05) is 0 Å². The molecule has 0 aliphatic heterocycles. The van der Waals surface area contributed by atoms with Gasteiger partial charge < -0.3 is 0 Å². The Bertz CT molecular complexity index is 586. The van der Waals surface area contributed by atoms with Gasteiger partial charge in [0.15, 0.2) is 0 Å². The summed E-state index contributed by atoms with van der Waals surface area (Å²) >= 11 is 0. The van der Waals surface area contributed by atoms with Crippen molar-refractivity contribution in [2.45, 2.75) is 17.1 Å². The molecule has 80 valence electrons. The maximum Gasteiger partial charge on any atom is 0.123 e. The second kappa shape index (κ2) is 4.46. The minimum Gasteiger partial charge on any atom is -0.253 e. The smallest absolute Gasteiger partial charge is 0.123 e. The Balaban J connectivity index is 2.48. The van der Waals surface area contributed by atoms with Gasteiger partial charge in [-0.1, -0.05) is 30.3 Å². The van der Waals surface area contributed by atoms with E-state index < -0.39 is 16.0 Å². The van der Waals surface area contributed by atoms with Gasteiger partial charge in [-0.05, 0) is 29.8 Å². The number of nitrogens with zero attached hydrogens (tertiary/aromatic N) is 1. The number of fused-ring (bicyclic) bond motifs is 1. The first-order chi connectivity index (χ1) is 7.72. The zero-order valence-electron chi connectivity index (χ0n) is 8.88. The summed E-state index contributed by atoms with van der Waals surface area (Å²) in [5.41, 5.74) is 0. The molecule has 0 fully saturated rings. The quantitative estimate of drug-likeness (QED) is 0.794. The first kappa shape index (κ1) is 10.8. The third-order valence-electron chi connectivity index (χ3n) is 2.46. The van der Waals surface area contributed by atoms with Crippen LogP contribution in [-0.4, -0.2) is 9.46 Å². The van der Waals surface area contributed by atoms with Crippen molar-refractivity contribution >= 4 is 21.6 Å². The zero-order valence-corrected chi connectivity index (χ0v) is 9.70. The number of hydrogen-bond donors (Lipinski definition) is 0. The minimum absolute atomic E-state index is 0.471. The molecule has 0 spiro atoms. The fourth-order valence-corrected chi connectivity index (χ4v) is 2.49. The van der Waals surface area contributed by atoms with Gasteiger partial charge in [0.05, 0.1) is 16.9 Å². The average molecular weight is 229 g/mol. The van der Waals surface area contributed by atoms with Crippen molar-refractivity contribution in [1.29, 1.82) is 5.26 Å². The molecule has 2 nitrogen and oxygen atoms in total. The average Bonchev–Trinajstić information content (AvgIpc) is 2.36. The topological polar surface area (TPSA) is 40.9 Å². The molecular weight excluding hydrogens is 218 g/mol. The highest BCUT2D eigenvalue weighted by Crippen LogP contribution is 2.19. The van der Waals surface area contributed by atoms with E-state index >= 15 is 0 Å². The van der Waals surface area contributed by atoms with E-state index in [1.165, 1.54) is 0 Å². The Morgan fingerprint density at radius 2 is 1.88 bits per heavy atom. The van der Waals surface area contributed by atoms with Gasteiger partial charge in [0.1, 0.15) is 5.25 Å². The van der Waals surface area contributed by atoms with Gasteiger partial charge in [0.2, 0.25) is 0 Å². The normalized spacial score (nSPS) is 14.2. The van der Waals surface area contributed by atoms with Crippen molar-refractivity contribution in [1.82, 2.24) is 0 Å². The molecule has 2 aromatic carbocycles. The molecule has 16 heavy (non-hydrogen) atoms. The van der Waals surface area contributed by atoms with Crippen LogP contribution in [0, 0.1) is 11.3 Å². The summed E-state index contributed by atoms with van der Waals surface area (Å²) in [6.45, 7) is 1.67. The van der Waals surface area contributed by atoms with E-state index in [9.17, 15) is 4.21 Å². The fraction of sp³-hybridized carbons (Fsp3) is 0.154. The van der Waals surface area contributed by atoms with Crippen LogP contribution in [0.25, 0.3) is 10.8 Å². The summed E-state index contributed by atoms with van der Waals surface area (Å²) in [6.07, 6.45) is 0. The van der Waals surface area contributed by atoms with E-state index in [0.717, 1.165) is 10.8 Å². The molecule has 0 bridgehead atoms. The van der Waals surface area contributed by atoms with E-state index in [1.54, 1.807) is 6.92 Å². The number of hydrogen-bond acceptors (Lipinski definition) is 2. The monoisotopic (exact) mass is 229 g/mol. The van der Waals surface area contributed by atoms with Gasteiger partial charge in [-0.3, -0.25) is 4.21 Å². The number of nitriles is 1. The molecule has 0 saturated carbocycles. The molecule has 0 N–H and O–H groups in total. The molecule has 0 amide bonds. The fourth-order valence-electron chi connectivity index (χ4n) is 1.54. The van der Waals surface area contributed by atoms with Crippen molar-refractivity contribution in [2.24, 2.45) is 0 Å². The Morgan fingerprint density at radius 1 is 1.19 bits per heavy atom. The summed E-state index contributed by atoms with van der Waals surface area (Å²) in [7, 11) is -1.25. The highest BCUT2D eigenvalue weighted by molar-refractivity contribution is 7.86. The van der Waals surface area contributed by atoms with Gasteiger partial charge in [0, 0.05) is 4.90 Å². The molecular formula is C13H11NOS. The molecule has 0 heterocycles. The summed E-state index contributed by atoms with van der Waals surface area (Å²) < 4.78 is 11.9. The van der Waals surface area contributed by atoms with Crippen molar-refractivity contribution < 1.29 is 4.21 Å². The Morgan fingerprint density at radius 3 is 2.56 bits per heavy atom. The van der Waals surface area contributed by atoms with Crippen LogP contribution in [0.5, 0.6) is 0 Å². The Labute approximate surface area is 97.0 Å². The molecule has 2 unspecified atom stereocenters. The first-order valence-corrected chi connectivity index (χ1v) is 6.22. The highest BCUT2D eigenvalue weighted by atomic mass is 32.2. The van der Waals surface area contributed by atoms with Crippen LogP contribution < -0.4 is 0 Å². The van der Waals surface area contributed by atoms with Gasteiger partial charge in [-0.15, -0.1) is 0 Å². The Kier molecular flexibility index (Phi) is 3.02. The lowest BCUT2D eigenvalue weighted by molar-refractivity contribution is 0.680. The van der Waals surface area contributed by atoms with Crippen molar-refractivity contribution in [3.63, 3.8) is 0 Å². The van der Waals surface area contributed by atoms with Gasteiger partial charge in [-0.25, -0.2) is 0 Å². The molecule has 2 atom stereocenters. The first-order valence-electron chi connectivity index (χ1n) is 5.01. The van der Waals surface area contributed by atoms with E-state index in [2.05, 4.69) is 0 Å². The molecule has 2 aromatic rings. The van der Waals surface area contributed by atoms with Gasteiger partial charge in [-0.2, -0.15) is 5.26 Å². The largest absolute Gasteiger partial charge is 0.253 e. The molecule has 3 heteroatoms. The second-order valence-corrected chi connectivity index (χ2v) is 5.35.